The second-order valence-corrected chi connectivity index (χ2v) is 8.34. The van der Waals surface area contributed by atoms with Crippen LogP contribution in [0, 0.1) is 0 Å². The molecular weight excluding hydrogens is 414 g/mol. The number of hydrogen-bond donors (Lipinski definition) is 1. The van der Waals surface area contributed by atoms with Crippen LogP contribution in [0.4, 0.5) is 0 Å². The molecule has 3 heteroatoms. The molecule has 0 aliphatic carbocycles. The van der Waals surface area contributed by atoms with E-state index in [0.29, 0.717) is 0 Å². The zero-order chi connectivity index (χ0) is 22.7. The third-order valence-electron chi connectivity index (χ3n) is 6.12. The summed E-state index contributed by atoms with van der Waals surface area (Å²) in [5, 5.41) is 5.92. The Hall–Kier alpha value is -4.50. The Morgan fingerprint density at radius 3 is 1.82 bits per heavy atom. The predicted octanol–water partition coefficient (Wildman–Crippen LogP) is 7.00. The van der Waals surface area contributed by atoms with Gasteiger partial charge in [0.05, 0.1) is 0 Å². The molecule has 3 nitrogen and oxygen atoms in total. The van der Waals surface area contributed by atoms with E-state index >= 15 is 0 Å². The molecule has 1 atom stereocenters. The smallest absolute Gasteiger partial charge is 0.169 e. The molecule has 0 aromatic heterocycles. The monoisotopic (exact) mass is 437 g/mol. The van der Waals surface area contributed by atoms with Gasteiger partial charge < -0.3 is 5.32 Å². The summed E-state index contributed by atoms with van der Waals surface area (Å²) in [6.45, 7) is 0. The molecule has 1 N–H and O–H groups in total. The van der Waals surface area contributed by atoms with Crippen molar-refractivity contribution in [3.8, 4) is 11.1 Å². The number of hydrogen-bond acceptors (Lipinski definition) is 3. The Kier molecular flexibility index (Phi) is 5.21. The molecule has 0 amide bonds. The van der Waals surface area contributed by atoms with Crippen LogP contribution >= 0.6 is 0 Å². The van der Waals surface area contributed by atoms with Crippen molar-refractivity contribution in [2.45, 2.75) is 6.17 Å². The van der Waals surface area contributed by atoms with Crippen molar-refractivity contribution in [1.29, 1.82) is 0 Å². The van der Waals surface area contributed by atoms with Gasteiger partial charge in [0.2, 0.25) is 0 Å². The molecule has 0 radical (unpaired) electrons. The predicted molar refractivity (Wildman–Crippen MR) is 141 cm³/mol. The van der Waals surface area contributed by atoms with Crippen molar-refractivity contribution in [2.75, 3.05) is 0 Å². The maximum Gasteiger partial charge on any atom is 0.169 e. The van der Waals surface area contributed by atoms with Crippen LogP contribution in [0.15, 0.2) is 137 Å². The van der Waals surface area contributed by atoms with Crippen molar-refractivity contribution in [3.05, 3.63) is 144 Å². The summed E-state index contributed by atoms with van der Waals surface area (Å²) in [6, 6.07) is 44.0. The van der Waals surface area contributed by atoms with Gasteiger partial charge in [0, 0.05) is 11.1 Å². The highest BCUT2D eigenvalue weighted by molar-refractivity contribution is 6.17. The summed E-state index contributed by atoms with van der Waals surface area (Å²) in [7, 11) is 0. The normalized spacial score (nSPS) is 15.4. The van der Waals surface area contributed by atoms with Gasteiger partial charge in [0.15, 0.2) is 6.17 Å². The van der Waals surface area contributed by atoms with Crippen molar-refractivity contribution >= 4 is 22.4 Å². The lowest BCUT2D eigenvalue weighted by atomic mass is 9.96. The molecule has 0 fully saturated rings. The van der Waals surface area contributed by atoms with Crippen LogP contribution in [0.2, 0.25) is 0 Å². The Morgan fingerprint density at radius 1 is 0.500 bits per heavy atom. The first-order valence-electron chi connectivity index (χ1n) is 11.5. The SMILES string of the molecule is c1ccc(C2=NC(c3ccccc3)N=C(c3ccc4cccc(-c5ccccc5)c4c3)N2)cc1. The highest BCUT2D eigenvalue weighted by atomic mass is 15.2. The maximum atomic E-state index is 5.03. The van der Waals surface area contributed by atoms with Gasteiger partial charge in [-0.15, -0.1) is 0 Å². The first-order chi connectivity index (χ1) is 16.8. The number of amidine groups is 2. The summed E-state index contributed by atoms with van der Waals surface area (Å²) in [5.41, 5.74) is 5.58. The minimum atomic E-state index is -0.298. The standard InChI is InChI=1S/C31H23N3/c1-4-11-22(12-5-1)27-18-10-17-23-19-20-26(21-28(23)27)31-33-29(24-13-6-2-7-14-24)32-30(34-31)25-15-8-3-9-16-25/h1-21,29H,(H,32,33,34). The molecule has 0 saturated heterocycles. The molecule has 162 valence electrons. The summed E-state index contributed by atoms with van der Waals surface area (Å²) in [6.07, 6.45) is -0.298. The first kappa shape index (κ1) is 20.1. The fraction of sp³-hybridized carbons (Fsp3) is 0.0323. The topological polar surface area (TPSA) is 36.8 Å². The molecule has 5 aromatic rings. The second-order valence-electron chi connectivity index (χ2n) is 8.34. The highest BCUT2D eigenvalue weighted by Gasteiger charge is 2.20. The molecule has 34 heavy (non-hydrogen) atoms. The largest absolute Gasteiger partial charge is 0.324 e. The van der Waals surface area contributed by atoms with Crippen molar-refractivity contribution in [2.24, 2.45) is 9.98 Å². The molecule has 6 rings (SSSR count). The quantitative estimate of drug-likeness (QED) is 0.323. The van der Waals surface area contributed by atoms with Gasteiger partial charge in [-0.05, 0) is 33.5 Å². The highest BCUT2D eigenvalue weighted by Crippen LogP contribution is 2.30. The molecular formula is C31H23N3. The zero-order valence-corrected chi connectivity index (χ0v) is 18.6. The van der Waals surface area contributed by atoms with Gasteiger partial charge in [-0.25, -0.2) is 9.98 Å². The third-order valence-corrected chi connectivity index (χ3v) is 6.12. The van der Waals surface area contributed by atoms with Gasteiger partial charge in [0.1, 0.15) is 11.7 Å². The number of nitrogens with one attached hydrogen (secondary N) is 1. The van der Waals surface area contributed by atoms with E-state index in [9.17, 15) is 0 Å². The molecule has 1 aliphatic heterocycles. The van der Waals surface area contributed by atoms with Crippen LogP contribution in [-0.2, 0) is 0 Å². The van der Waals surface area contributed by atoms with E-state index in [4.69, 9.17) is 9.98 Å². The summed E-state index contributed by atoms with van der Waals surface area (Å²) in [4.78, 5) is 9.97. The number of rotatable bonds is 4. The lowest BCUT2D eigenvalue weighted by Crippen LogP contribution is -2.36. The van der Waals surface area contributed by atoms with E-state index in [-0.39, 0.29) is 6.17 Å². The van der Waals surface area contributed by atoms with Crippen molar-refractivity contribution < 1.29 is 0 Å². The lowest BCUT2D eigenvalue weighted by Gasteiger charge is -2.22. The van der Waals surface area contributed by atoms with Crippen LogP contribution < -0.4 is 5.32 Å². The second kappa shape index (κ2) is 8.80. The molecule has 1 unspecified atom stereocenters. The Morgan fingerprint density at radius 2 is 1.12 bits per heavy atom. The molecule has 1 aliphatic rings. The van der Waals surface area contributed by atoms with E-state index in [1.54, 1.807) is 0 Å². The van der Waals surface area contributed by atoms with E-state index in [2.05, 4.69) is 96.3 Å². The van der Waals surface area contributed by atoms with Crippen molar-refractivity contribution in [1.82, 2.24) is 5.32 Å². The molecule has 5 aromatic carbocycles. The lowest BCUT2D eigenvalue weighted by molar-refractivity contribution is 0.756. The van der Waals surface area contributed by atoms with Gasteiger partial charge in [0.25, 0.3) is 0 Å². The number of benzene rings is 5. The van der Waals surface area contributed by atoms with Crippen LogP contribution in [0.1, 0.15) is 22.9 Å². The van der Waals surface area contributed by atoms with E-state index in [1.165, 1.54) is 21.9 Å². The third kappa shape index (κ3) is 3.89. The van der Waals surface area contributed by atoms with Crippen LogP contribution in [0.25, 0.3) is 21.9 Å². The number of nitrogens with zero attached hydrogens (tertiary/aromatic N) is 2. The maximum absolute atomic E-state index is 5.03. The molecule has 0 bridgehead atoms. The van der Waals surface area contributed by atoms with Crippen LogP contribution in [-0.4, -0.2) is 11.7 Å². The Labute approximate surface area is 199 Å². The zero-order valence-electron chi connectivity index (χ0n) is 18.6. The Balaban J connectivity index is 1.47. The first-order valence-corrected chi connectivity index (χ1v) is 11.5. The van der Waals surface area contributed by atoms with E-state index < -0.39 is 0 Å². The van der Waals surface area contributed by atoms with Crippen LogP contribution in [0.5, 0.6) is 0 Å². The van der Waals surface area contributed by atoms with Gasteiger partial charge in [-0.3, -0.25) is 0 Å². The fourth-order valence-corrected chi connectivity index (χ4v) is 4.40. The minimum absolute atomic E-state index is 0.298. The average Bonchev–Trinajstić information content (AvgIpc) is 2.93. The van der Waals surface area contributed by atoms with Gasteiger partial charge in [-0.2, -0.15) is 0 Å². The van der Waals surface area contributed by atoms with Crippen LogP contribution in [0.3, 0.4) is 0 Å². The van der Waals surface area contributed by atoms with E-state index in [0.717, 1.165) is 28.4 Å². The van der Waals surface area contributed by atoms with Gasteiger partial charge >= 0.3 is 0 Å². The summed E-state index contributed by atoms with van der Waals surface area (Å²) >= 11 is 0. The molecule has 0 spiro atoms. The average molecular weight is 438 g/mol. The minimum Gasteiger partial charge on any atom is -0.324 e. The summed E-state index contributed by atoms with van der Waals surface area (Å²) < 4.78 is 0. The molecule has 1 heterocycles. The number of fused-ring (bicyclic) bond motifs is 1. The van der Waals surface area contributed by atoms with Crippen molar-refractivity contribution in [3.63, 3.8) is 0 Å². The van der Waals surface area contributed by atoms with Gasteiger partial charge in [-0.1, -0.05) is 121 Å². The Bertz CT molecular complexity index is 1500. The fourth-order valence-electron chi connectivity index (χ4n) is 4.40. The summed E-state index contributed by atoms with van der Waals surface area (Å²) in [5.74, 6) is 1.66. The number of aliphatic imine (C=N–C) groups is 2. The molecule has 0 saturated carbocycles. The van der Waals surface area contributed by atoms with E-state index in [1.807, 2.05) is 36.4 Å².